The Morgan fingerprint density at radius 2 is 0.759 bits per heavy atom. The molecule has 0 aromatic heterocycles. The van der Waals surface area contributed by atoms with E-state index in [1.807, 2.05) is 0 Å². The van der Waals surface area contributed by atoms with Crippen molar-refractivity contribution in [3.8, 4) is 0 Å². The Morgan fingerprint density at radius 1 is 0.552 bits per heavy atom. The predicted octanol–water partition coefficient (Wildman–Crippen LogP) is -4.47. The van der Waals surface area contributed by atoms with Crippen molar-refractivity contribution in [1.29, 1.82) is 0 Å². The van der Waals surface area contributed by atoms with Gasteiger partial charge in [0.2, 0.25) is 6.67 Å². The molecule has 0 saturated carbocycles. The summed E-state index contributed by atoms with van der Waals surface area (Å²) in [5.41, 5.74) is -11.2. The van der Waals surface area contributed by atoms with Gasteiger partial charge in [-0.05, 0) is 0 Å². The quantitative estimate of drug-likeness (QED) is 0.287. The molecule has 158 valence electrons. The van der Waals surface area contributed by atoms with E-state index in [9.17, 15) is 62.9 Å². The topological polar surface area (TPSA) is 52.6 Å². The average molecular weight is 504 g/mol. The number of alkyl halides is 12. The zero-order valence-electron chi connectivity index (χ0n) is 14.3. The van der Waals surface area contributed by atoms with Crippen molar-refractivity contribution in [3.63, 3.8) is 0 Å². The van der Waals surface area contributed by atoms with Crippen molar-refractivity contribution < 1.29 is 166 Å². The standard InChI is InChI=1S/C11H6F12N2O2.2K/c12-8(13,14)6(26,9(15,16)17)3-24-1-2-25(5-24)4-7(27,10(18,19)20)11(21,22)23;;/h1-2H,3-4H2;;/q-2;2*+1. The Labute approximate surface area is 240 Å². The Hall–Kier alpha value is 1.69. The molecule has 29 heavy (non-hydrogen) atoms. The summed E-state index contributed by atoms with van der Waals surface area (Å²) in [6, 6.07) is 0. The molecule has 0 N–H and O–H groups in total. The van der Waals surface area contributed by atoms with Crippen LogP contribution in [0.2, 0.25) is 0 Å². The van der Waals surface area contributed by atoms with Gasteiger partial charge in [-0.15, -0.1) is 0 Å². The Balaban J connectivity index is 0. The molecule has 0 aromatic rings. The summed E-state index contributed by atoms with van der Waals surface area (Å²) in [5.74, 6) is 0. The van der Waals surface area contributed by atoms with Crippen molar-refractivity contribution in [2.75, 3.05) is 13.1 Å². The minimum Gasteiger partial charge on any atom is -0.835 e. The number of rotatable bonds is 4. The third-order valence-electron chi connectivity index (χ3n) is 3.30. The second-order valence-corrected chi connectivity index (χ2v) is 5.30. The molecule has 1 aliphatic heterocycles. The molecule has 0 amide bonds. The molecule has 1 heterocycles. The van der Waals surface area contributed by atoms with E-state index in [1.54, 1.807) is 0 Å². The van der Waals surface area contributed by atoms with Crippen LogP contribution in [0.1, 0.15) is 0 Å². The molecule has 4 nitrogen and oxygen atoms in total. The summed E-state index contributed by atoms with van der Waals surface area (Å²) in [6.45, 7) is -3.73. The Morgan fingerprint density at radius 3 is 0.931 bits per heavy atom. The summed E-state index contributed by atoms with van der Waals surface area (Å²) < 4.78 is 150. The van der Waals surface area contributed by atoms with E-state index in [0.29, 0.717) is 0 Å². The fourth-order valence-electron chi connectivity index (χ4n) is 1.73. The van der Waals surface area contributed by atoms with Gasteiger partial charge in [-0.3, -0.25) is 0 Å². The van der Waals surface area contributed by atoms with Crippen LogP contribution in [-0.4, -0.2) is 58.8 Å². The molecule has 2 radical (unpaired) electrons. The molecular weight excluding hydrogens is 498 g/mol. The van der Waals surface area contributed by atoms with Gasteiger partial charge in [-0.2, -0.15) is 52.7 Å². The van der Waals surface area contributed by atoms with Gasteiger partial charge in [0.1, 0.15) is 11.2 Å². The van der Waals surface area contributed by atoms with Crippen molar-refractivity contribution in [1.82, 2.24) is 9.80 Å². The monoisotopic (exact) mass is 504 g/mol. The van der Waals surface area contributed by atoms with Gasteiger partial charge in [0, 0.05) is 25.5 Å². The van der Waals surface area contributed by atoms with Crippen LogP contribution in [0.5, 0.6) is 0 Å². The second kappa shape index (κ2) is 10.3. The van der Waals surface area contributed by atoms with E-state index in [-0.39, 0.29) is 125 Å². The van der Waals surface area contributed by atoms with Gasteiger partial charge in [0.15, 0.2) is 0 Å². The number of nitrogens with zero attached hydrogens (tertiary/aromatic N) is 2. The minimum absolute atomic E-state index is 0. The van der Waals surface area contributed by atoms with E-state index in [1.165, 1.54) is 6.67 Å². The first-order chi connectivity index (χ1) is 11.7. The molecule has 1 aliphatic rings. The zero-order chi connectivity index (χ0) is 21.7. The molecule has 1 rings (SSSR count). The van der Waals surface area contributed by atoms with Gasteiger partial charge in [-0.25, -0.2) is 0 Å². The Kier molecular flexibility index (Phi) is 11.7. The van der Waals surface area contributed by atoms with Gasteiger partial charge >= 0.3 is 127 Å². The van der Waals surface area contributed by atoms with Crippen LogP contribution in [0.25, 0.3) is 0 Å². The van der Waals surface area contributed by atoms with Crippen molar-refractivity contribution >= 4 is 0 Å². The predicted molar refractivity (Wildman–Crippen MR) is 55.5 cm³/mol. The van der Waals surface area contributed by atoms with E-state index in [2.05, 4.69) is 0 Å². The fraction of sp³-hybridized carbons (Fsp3) is 0.727. The molecule has 0 aliphatic carbocycles. The largest absolute Gasteiger partial charge is 1.00 e. The zero-order valence-corrected chi connectivity index (χ0v) is 20.6. The van der Waals surface area contributed by atoms with Crippen LogP contribution in [-0.2, 0) is 0 Å². The maximum Gasteiger partial charge on any atom is 1.00 e. The first kappa shape index (κ1) is 32.9. The SMILES string of the molecule is [K+].[K+].[O-]C(CN1[C]N(CC([O-])(C(F)(F)F)C(F)(F)F)C=C1)(C(F)(F)F)C(F)(F)F. The van der Waals surface area contributed by atoms with Crippen molar-refractivity contribution in [2.45, 2.75) is 35.9 Å². The maximum atomic E-state index is 12.5. The smallest absolute Gasteiger partial charge is 0.835 e. The molecule has 18 heteroatoms. The fourth-order valence-corrected chi connectivity index (χ4v) is 1.73. The molecule has 0 saturated heterocycles. The number of hydrogen-bond acceptors (Lipinski definition) is 4. The maximum absolute atomic E-state index is 12.5. The molecule has 0 fully saturated rings. The van der Waals surface area contributed by atoms with E-state index < -0.39 is 49.0 Å². The van der Waals surface area contributed by atoms with E-state index in [0.717, 1.165) is 0 Å². The van der Waals surface area contributed by atoms with Crippen molar-refractivity contribution in [2.24, 2.45) is 0 Å². The Bertz CT molecular complexity index is 496. The summed E-state index contributed by atoms with van der Waals surface area (Å²) >= 11 is 0. The van der Waals surface area contributed by atoms with Gasteiger partial charge < -0.3 is 20.0 Å². The van der Waals surface area contributed by atoms with E-state index in [4.69, 9.17) is 0 Å². The summed E-state index contributed by atoms with van der Waals surface area (Å²) in [7, 11) is 0. The van der Waals surface area contributed by atoms with Gasteiger partial charge in [0.05, 0.1) is 0 Å². The third kappa shape index (κ3) is 7.08. The molecule has 0 atom stereocenters. The molecule has 0 spiro atoms. The van der Waals surface area contributed by atoms with Crippen LogP contribution >= 0.6 is 0 Å². The van der Waals surface area contributed by atoms with E-state index >= 15 is 0 Å². The van der Waals surface area contributed by atoms with Crippen LogP contribution in [0.15, 0.2) is 12.4 Å². The summed E-state index contributed by atoms with van der Waals surface area (Å²) in [6.07, 6.45) is -25.3. The van der Waals surface area contributed by atoms with Gasteiger partial charge in [0.25, 0.3) is 0 Å². The van der Waals surface area contributed by atoms with Crippen LogP contribution in [0.3, 0.4) is 0 Å². The van der Waals surface area contributed by atoms with Crippen LogP contribution < -0.4 is 113 Å². The minimum atomic E-state index is -6.39. The first-order valence-electron chi connectivity index (χ1n) is 6.31. The average Bonchev–Trinajstić information content (AvgIpc) is 2.80. The van der Waals surface area contributed by atoms with Crippen molar-refractivity contribution in [3.05, 3.63) is 19.1 Å². The number of hydrogen-bond donors (Lipinski definition) is 0. The van der Waals surface area contributed by atoms with Crippen LogP contribution in [0.4, 0.5) is 52.7 Å². The molecular formula is C11H6F12K2N2O2. The molecule has 0 aromatic carbocycles. The second-order valence-electron chi connectivity index (χ2n) is 5.30. The van der Waals surface area contributed by atoms with Crippen LogP contribution in [0, 0.1) is 6.67 Å². The third-order valence-corrected chi connectivity index (χ3v) is 3.30. The van der Waals surface area contributed by atoms with Gasteiger partial charge in [-0.1, -0.05) is 0 Å². The molecule has 0 bridgehead atoms. The summed E-state index contributed by atoms with van der Waals surface area (Å²) in [5, 5.41) is 22.4. The number of halogens is 12. The molecule has 0 unspecified atom stereocenters. The first-order valence-corrected chi connectivity index (χ1v) is 6.31. The summed E-state index contributed by atoms with van der Waals surface area (Å²) in [4.78, 5) is -0.692. The normalized spacial score (nSPS) is 16.6.